The zero-order valence-electron chi connectivity index (χ0n) is 11.4. The zero-order chi connectivity index (χ0) is 15.0. The normalized spacial score (nSPS) is 11.0. The van der Waals surface area contributed by atoms with Gasteiger partial charge in [-0.25, -0.2) is 4.98 Å². The summed E-state index contributed by atoms with van der Waals surface area (Å²) in [6.45, 7) is 1.77. The minimum atomic E-state index is -0.209. The number of aromatic hydroxyl groups is 1. The third-order valence-electron chi connectivity index (χ3n) is 3.40. The Labute approximate surface area is 126 Å². The quantitative estimate of drug-likeness (QED) is 0.791. The highest BCUT2D eigenvalue weighted by molar-refractivity contribution is 6.30. The zero-order valence-corrected chi connectivity index (χ0v) is 12.1. The van der Waals surface area contributed by atoms with E-state index in [2.05, 4.69) is 4.98 Å². The number of benzene rings is 1. The molecule has 0 saturated carbocycles. The van der Waals surface area contributed by atoms with E-state index in [0.717, 1.165) is 5.56 Å². The standard InChI is InChI=1S/C16H13ClN2O2/c1-10-13(7-11-5-3-2-4-6-11)16(21)19-9-12(17)8-14(20)15(19)18-10/h2-6,8-9,20H,7H2,1H3. The predicted molar refractivity (Wildman–Crippen MR) is 82.1 cm³/mol. The van der Waals surface area contributed by atoms with Crippen LogP contribution in [0, 0.1) is 6.92 Å². The van der Waals surface area contributed by atoms with Crippen molar-refractivity contribution in [3.05, 3.63) is 74.8 Å². The molecule has 0 unspecified atom stereocenters. The van der Waals surface area contributed by atoms with Gasteiger partial charge < -0.3 is 5.11 Å². The van der Waals surface area contributed by atoms with Crippen molar-refractivity contribution in [2.75, 3.05) is 0 Å². The fourth-order valence-corrected chi connectivity index (χ4v) is 2.54. The molecule has 0 saturated heterocycles. The summed E-state index contributed by atoms with van der Waals surface area (Å²) >= 11 is 5.90. The molecular formula is C16H13ClN2O2. The predicted octanol–water partition coefficient (Wildman–Crippen LogP) is 2.95. The van der Waals surface area contributed by atoms with Crippen LogP contribution in [0.1, 0.15) is 16.8 Å². The van der Waals surface area contributed by atoms with E-state index in [1.165, 1.54) is 16.7 Å². The van der Waals surface area contributed by atoms with E-state index >= 15 is 0 Å². The summed E-state index contributed by atoms with van der Waals surface area (Å²) in [5, 5.41) is 10.2. The van der Waals surface area contributed by atoms with Gasteiger partial charge in [-0.3, -0.25) is 9.20 Å². The van der Waals surface area contributed by atoms with Crippen LogP contribution in [0.5, 0.6) is 5.75 Å². The van der Waals surface area contributed by atoms with Gasteiger partial charge in [0.25, 0.3) is 5.56 Å². The molecule has 106 valence electrons. The number of aromatic nitrogens is 2. The lowest BCUT2D eigenvalue weighted by Crippen LogP contribution is -2.22. The maximum atomic E-state index is 12.6. The molecule has 4 nitrogen and oxygen atoms in total. The lowest BCUT2D eigenvalue weighted by molar-refractivity contribution is 0.476. The second kappa shape index (κ2) is 5.22. The first-order chi connectivity index (χ1) is 10.1. The fraction of sp³-hybridized carbons (Fsp3) is 0.125. The molecule has 0 atom stereocenters. The Morgan fingerprint density at radius 3 is 2.71 bits per heavy atom. The molecule has 1 N–H and O–H groups in total. The largest absolute Gasteiger partial charge is 0.504 e. The number of fused-ring (bicyclic) bond motifs is 1. The van der Waals surface area contributed by atoms with Crippen LogP contribution in [0.4, 0.5) is 0 Å². The molecule has 21 heavy (non-hydrogen) atoms. The van der Waals surface area contributed by atoms with Gasteiger partial charge in [0, 0.05) is 29.9 Å². The van der Waals surface area contributed by atoms with Crippen LogP contribution in [0.3, 0.4) is 0 Å². The molecule has 2 heterocycles. The van der Waals surface area contributed by atoms with Crippen LogP contribution in [0.25, 0.3) is 5.65 Å². The number of pyridine rings is 1. The molecule has 5 heteroatoms. The van der Waals surface area contributed by atoms with Gasteiger partial charge in [-0.15, -0.1) is 0 Å². The van der Waals surface area contributed by atoms with Gasteiger partial charge >= 0.3 is 0 Å². The highest BCUT2D eigenvalue weighted by Crippen LogP contribution is 2.21. The molecule has 0 aliphatic rings. The highest BCUT2D eigenvalue weighted by atomic mass is 35.5. The molecule has 3 aromatic rings. The smallest absolute Gasteiger partial charge is 0.261 e. The Morgan fingerprint density at radius 2 is 2.00 bits per heavy atom. The van der Waals surface area contributed by atoms with E-state index < -0.39 is 0 Å². The molecular weight excluding hydrogens is 288 g/mol. The lowest BCUT2D eigenvalue weighted by Gasteiger charge is -2.09. The van der Waals surface area contributed by atoms with Crippen molar-refractivity contribution >= 4 is 17.2 Å². The molecule has 0 fully saturated rings. The first-order valence-corrected chi connectivity index (χ1v) is 6.88. The van der Waals surface area contributed by atoms with Crippen LogP contribution in [0.15, 0.2) is 47.4 Å². The van der Waals surface area contributed by atoms with E-state index in [0.29, 0.717) is 22.7 Å². The van der Waals surface area contributed by atoms with Crippen LogP contribution in [-0.4, -0.2) is 14.5 Å². The average molecular weight is 301 g/mol. The van der Waals surface area contributed by atoms with Gasteiger partial charge in [0.15, 0.2) is 11.4 Å². The van der Waals surface area contributed by atoms with Crippen molar-refractivity contribution in [1.82, 2.24) is 9.38 Å². The van der Waals surface area contributed by atoms with E-state index in [9.17, 15) is 9.90 Å². The van der Waals surface area contributed by atoms with Crippen molar-refractivity contribution in [3.8, 4) is 5.75 Å². The maximum absolute atomic E-state index is 12.6. The van der Waals surface area contributed by atoms with Crippen LogP contribution in [0.2, 0.25) is 5.02 Å². The van der Waals surface area contributed by atoms with Crippen molar-refractivity contribution in [2.45, 2.75) is 13.3 Å². The Kier molecular flexibility index (Phi) is 3.39. The maximum Gasteiger partial charge on any atom is 0.261 e. The number of nitrogens with zero attached hydrogens (tertiary/aromatic N) is 2. The summed E-state index contributed by atoms with van der Waals surface area (Å²) < 4.78 is 1.29. The van der Waals surface area contributed by atoms with Gasteiger partial charge in [0.1, 0.15) is 0 Å². The molecule has 0 aliphatic carbocycles. The third-order valence-corrected chi connectivity index (χ3v) is 3.60. The molecule has 3 rings (SSSR count). The molecule has 2 aromatic heterocycles. The molecule has 0 aliphatic heterocycles. The van der Waals surface area contributed by atoms with Crippen molar-refractivity contribution in [2.24, 2.45) is 0 Å². The van der Waals surface area contributed by atoms with Crippen molar-refractivity contribution < 1.29 is 5.11 Å². The Balaban J connectivity index is 2.22. The summed E-state index contributed by atoms with van der Waals surface area (Å²) in [6.07, 6.45) is 1.97. The van der Waals surface area contributed by atoms with Gasteiger partial charge in [-0.2, -0.15) is 0 Å². The van der Waals surface area contributed by atoms with Gasteiger partial charge in [0.2, 0.25) is 0 Å². The topological polar surface area (TPSA) is 54.6 Å². The molecule has 0 spiro atoms. The number of halogens is 1. The summed E-state index contributed by atoms with van der Waals surface area (Å²) in [4.78, 5) is 16.9. The van der Waals surface area contributed by atoms with E-state index in [-0.39, 0.29) is 17.0 Å². The summed E-state index contributed by atoms with van der Waals surface area (Å²) in [5.74, 6) is -0.103. The number of hydrogen-bond acceptors (Lipinski definition) is 3. The molecule has 0 radical (unpaired) electrons. The summed E-state index contributed by atoms with van der Waals surface area (Å²) in [5.41, 5.74) is 2.26. The highest BCUT2D eigenvalue weighted by Gasteiger charge is 2.13. The Bertz CT molecular complexity index is 873. The minimum Gasteiger partial charge on any atom is -0.504 e. The van der Waals surface area contributed by atoms with Gasteiger partial charge in [-0.05, 0) is 12.5 Å². The van der Waals surface area contributed by atoms with Crippen LogP contribution >= 0.6 is 11.6 Å². The van der Waals surface area contributed by atoms with E-state index in [4.69, 9.17) is 11.6 Å². The number of aryl methyl sites for hydroxylation is 1. The lowest BCUT2D eigenvalue weighted by atomic mass is 10.1. The summed E-state index contributed by atoms with van der Waals surface area (Å²) in [7, 11) is 0. The molecule has 0 amide bonds. The SMILES string of the molecule is Cc1nc2c(O)cc(Cl)cn2c(=O)c1Cc1ccccc1. The third kappa shape index (κ3) is 2.50. The molecule has 1 aromatic carbocycles. The number of hydrogen-bond donors (Lipinski definition) is 1. The second-order valence-electron chi connectivity index (χ2n) is 4.88. The second-order valence-corrected chi connectivity index (χ2v) is 5.32. The Morgan fingerprint density at radius 1 is 1.29 bits per heavy atom. The van der Waals surface area contributed by atoms with Crippen LogP contribution < -0.4 is 5.56 Å². The first-order valence-electron chi connectivity index (χ1n) is 6.50. The van der Waals surface area contributed by atoms with Crippen molar-refractivity contribution in [3.63, 3.8) is 0 Å². The fourth-order valence-electron chi connectivity index (χ4n) is 2.34. The van der Waals surface area contributed by atoms with Crippen LogP contribution in [-0.2, 0) is 6.42 Å². The van der Waals surface area contributed by atoms with Gasteiger partial charge in [0.05, 0.1) is 5.02 Å². The number of rotatable bonds is 2. The van der Waals surface area contributed by atoms with E-state index in [1.54, 1.807) is 6.92 Å². The Hall–Kier alpha value is -2.33. The van der Waals surface area contributed by atoms with Gasteiger partial charge in [-0.1, -0.05) is 41.9 Å². The average Bonchev–Trinajstić information content (AvgIpc) is 2.46. The molecule has 0 bridgehead atoms. The van der Waals surface area contributed by atoms with E-state index in [1.807, 2.05) is 30.3 Å². The minimum absolute atomic E-state index is 0.103. The first kappa shape index (κ1) is 13.6. The monoisotopic (exact) mass is 300 g/mol. The summed E-state index contributed by atoms with van der Waals surface area (Å²) in [6, 6.07) is 11.1. The van der Waals surface area contributed by atoms with Crippen molar-refractivity contribution in [1.29, 1.82) is 0 Å².